The van der Waals surface area contributed by atoms with Gasteiger partial charge in [0, 0.05) is 5.56 Å². The Balaban J connectivity index is 1.56. The minimum Gasteiger partial charge on any atom is -0.486 e. The summed E-state index contributed by atoms with van der Waals surface area (Å²) in [4.78, 5) is 16.3. The summed E-state index contributed by atoms with van der Waals surface area (Å²) < 4.78 is 44.8. The second-order valence-corrected chi connectivity index (χ2v) is 5.64. The van der Waals surface area contributed by atoms with Crippen molar-refractivity contribution >= 4 is 17.9 Å². The molecule has 2 aromatic rings. The van der Waals surface area contributed by atoms with Crippen LogP contribution in [0.4, 0.5) is 8.78 Å². The fourth-order valence-corrected chi connectivity index (χ4v) is 2.62. The molecule has 2 heterocycles. The molecule has 0 bridgehead atoms. The van der Waals surface area contributed by atoms with Gasteiger partial charge in [0.15, 0.2) is 17.2 Å². The Kier molecular flexibility index (Phi) is 4.45. The van der Waals surface area contributed by atoms with Crippen LogP contribution in [0.1, 0.15) is 11.1 Å². The van der Waals surface area contributed by atoms with E-state index in [2.05, 4.69) is 9.73 Å². The zero-order chi connectivity index (χ0) is 18.8. The van der Waals surface area contributed by atoms with Gasteiger partial charge in [-0.25, -0.2) is 9.79 Å². The quantitative estimate of drug-likeness (QED) is 0.607. The number of hydrogen-bond acceptors (Lipinski definition) is 6. The van der Waals surface area contributed by atoms with Gasteiger partial charge in [0.05, 0.1) is 0 Å². The summed E-state index contributed by atoms with van der Waals surface area (Å²) in [6.45, 7) is -1.95. The van der Waals surface area contributed by atoms with E-state index in [0.29, 0.717) is 35.8 Å². The molecule has 138 valence electrons. The van der Waals surface area contributed by atoms with E-state index in [0.717, 1.165) is 0 Å². The Labute approximate surface area is 152 Å². The monoisotopic (exact) mass is 373 g/mol. The summed E-state index contributed by atoms with van der Waals surface area (Å²) in [5.74, 6) is 0.736. The smallest absolute Gasteiger partial charge is 0.387 e. The molecule has 0 aliphatic carbocycles. The van der Waals surface area contributed by atoms with Gasteiger partial charge in [-0.05, 0) is 48.0 Å². The van der Waals surface area contributed by atoms with Gasteiger partial charge in [0.2, 0.25) is 5.90 Å². The average Bonchev–Trinajstić information content (AvgIpc) is 3.02. The number of fused-ring (bicyclic) bond motifs is 1. The van der Waals surface area contributed by atoms with Crippen molar-refractivity contribution in [2.75, 3.05) is 13.2 Å². The molecule has 8 heteroatoms. The number of esters is 1. The van der Waals surface area contributed by atoms with Crippen molar-refractivity contribution in [2.24, 2.45) is 4.99 Å². The zero-order valence-electron chi connectivity index (χ0n) is 13.9. The predicted octanol–water partition coefficient (Wildman–Crippen LogP) is 3.40. The van der Waals surface area contributed by atoms with E-state index < -0.39 is 12.6 Å². The third kappa shape index (κ3) is 3.74. The number of alkyl halides is 2. The molecule has 2 aliphatic heterocycles. The first-order valence-electron chi connectivity index (χ1n) is 8.06. The number of cyclic esters (lactones) is 1. The van der Waals surface area contributed by atoms with Crippen LogP contribution < -0.4 is 14.2 Å². The van der Waals surface area contributed by atoms with Crippen LogP contribution in [0, 0.1) is 0 Å². The average molecular weight is 373 g/mol. The maximum atomic E-state index is 12.2. The molecular formula is C19H13F2NO5. The molecular weight excluding hydrogens is 360 g/mol. The van der Waals surface area contributed by atoms with E-state index in [9.17, 15) is 13.6 Å². The molecule has 0 radical (unpaired) electrons. The van der Waals surface area contributed by atoms with E-state index >= 15 is 0 Å². The van der Waals surface area contributed by atoms with Gasteiger partial charge in [-0.3, -0.25) is 0 Å². The van der Waals surface area contributed by atoms with Crippen molar-refractivity contribution in [3.8, 4) is 17.2 Å². The van der Waals surface area contributed by atoms with Crippen molar-refractivity contribution in [3.05, 3.63) is 59.3 Å². The highest BCUT2D eigenvalue weighted by Gasteiger charge is 2.24. The van der Waals surface area contributed by atoms with Crippen molar-refractivity contribution in [3.63, 3.8) is 0 Å². The fraction of sp³-hybridized carbons (Fsp3) is 0.158. The molecule has 0 fully saturated rings. The minimum absolute atomic E-state index is 0.00529. The Hall–Kier alpha value is -3.42. The standard InChI is InChI=1S/C19H13F2NO5/c20-19(21)26-13-4-2-12(3-5-13)17-22-14(18(23)27-17)9-11-1-6-15-16(10-11)25-8-7-24-15/h1-6,9-10,19H,7-8H2/b14-9-. The molecule has 2 aromatic carbocycles. The second-order valence-electron chi connectivity index (χ2n) is 5.64. The number of rotatable bonds is 4. The van der Waals surface area contributed by atoms with E-state index in [-0.39, 0.29) is 17.3 Å². The number of hydrogen-bond donors (Lipinski definition) is 0. The summed E-state index contributed by atoms with van der Waals surface area (Å²) in [5, 5.41) is 0. The molecule has 2 aliphatic rings. The van der Waals surface area contributed by atoms with Crippen molar-refractivity contribution in [2.45, 2.75) is 6.61 Å². The van der Waals surface area contributed by atoms with Crippen LogP contribution in [0.5, 0.6) is 17.2 Å². The lowest BCUT2D eigenvalue weighted by molar-refractivity contribution is -0.129. The lowest BCUT2D eigenvalue weighted by Crippen LogP contribution is -2.15. The first-order chi connectivity index (χ1) is 13.1. The van der Waals surface area contributed by atoms with Crippen LogP contribution in [0.25, 0.3) is 6.08 Å². The molecule has 0 atom stereocenters. The third-order valence-electron chi connectivity index (χ3n) is 3.82. The van der Waals surface area contributed by atoms with E-state index in [1.807, 2.05) is 0 Å². The lowest BCUT2D eigenvalue weighted by Gasteiger charge is -2.18. The van der Waals surface area contributed by atoms with E-state index in [1.54, 1.807) is 24.3 Å². The first kappa shape index (κ1) is 17.0. The first-order valence-corrected chi connectivity index (χ1v) is 8.06. The topological polar surface area (TPSA) is 66.4 Å². The number of ether oxygens (including phenoxy) is 4. The molecule has 0 aromatic heterocycles. The Bertz CT molecular complexity index is 938. The SMILES string of the molecule is O=C1OC(c2ccc(OC(F)F)cc2)=N/C1=C\c1ccc2c(c1)OCCO2. The van der Waals surface area contributed by atoms with Gasteiger partial charge in [0.25, 0.3) is 0 Å². The maximum absolute atomic E-state index is 12.2. The molecule has 0 saturated carbocycles. The second kappa shape index (κ2) is 7.06. The number of halogens is 2. The Morgan fingerprint density at radius 3 is 2.52 bits per heavy atom. The van der Waals surface area contributed by atoms with Crippen LogP contribution >= 0.6 is 0 Å². The van der Waals surface area contributed by atoms with Crippen LogP contribution in [-0.2, 0) is 9.53 Å². The Morgan fingerprint density at radius 2 is 1.78 bits per heavy atom. The number of benzene rings is 2. The van der Waals surface area contributed by atoms with E-state index in [4.69, 9.17) is 14.2 Å². The zero-order valence-corrected chi connectivity index (χ0v) is 13.9. The number of aliphatic imine (C=N–C) groups is 1. The third-order valence-corrected chi connectivity index (χ3v) is 3.82. The summed E-state index contributed by atoms with van der Waals surface area (Å²) in [6.07, 6.45) is 1.57. The predicted molar refractivity (Wildman–Crippen MR) is 91.1 cm³/mol. The highest BCUT2D eigenvalue weighted by atomic mass is 19.3. The van der Waals surface area contributed by atoms with Gasteiger partial charge in [0.1, 0.15) is 19.0 Å². The highest BCUT2D eigenvalue weighted by Crippen LogP contribution is 2.32. The van der Waals surface area contributed by atoms with Gasteiger partial charge in [-0.1, -0.05) is 6.07 Å². The molecule has 6 nitrogen and oxygen atoms in total. The van der Waals surface area contributed by atoms with Crippen molar-refractivity contribution < 1.29 is 32.5 Å². The lowest BCUT2D eigenvalue weighted by atomic mass is 10.1. The minimum atomic E-state index is -2.90. The fourth-order valence-electron chi connectivity index (χ4n) is 2.62. The van der Waals surface area contributed by atoms with Gasteiger partial charge < -0.3 is 18.9 Å². The normalized spacial score (nSPS) is 17.1. The van der Waals surface area contributed by atoms with E-state index in [1.165, 1.54) is 24.3 Å². The summed E-state index contributed by atoms with van der Waals surface area (Å²) in [5.41, 5.74) is 1.29. The molecule has 0 unspecified atom stereocenters. The molecule has 27 heavy (non-hydrogen) atoms. The largest absolute Gasteiger partial charge is 0.486 e. The van der Waals surface area contributed by atoms with Crippen LogP contribution in [-0.4, -0.2) is 31.7 Å². The molecule has 0 spiro atoms. The molecule has 0 saturated heterocycles. The molecule has 0 N–H and O–H groups in total. The van der Waals surface area contributed by atoms with Gasteiger partial charge in [-0.15, -0.1) is 0 Å². The van der Waals surface area contributed by atoms with Gasteiger partial charge in [-0.2, -0.15) is 8.78 Å². The van der Waals surface area contributed by atoms with Gasteiger partial charge >= 0.3 is 12.6 Å². The summed E-state index contributed by atoms with van der Waals surface area (Å²) in [7, 11) is 0. The number of carbonyl (C=O) groups excluding carboxylic acids is 1. The number of nitrogens with zero attached hydrogens (tertiary/aromatic N) is 1. The Morgan fingerprint density at radius 1 is 1.04 bits per heavy atom. The van der Waals surface area contributed by atoms with Crippen LogP contribution in [0.2, 0.25) is 0 Å². The van der Waals surface area contributed by atoms with Crippen LogP contribution in [0.3, 0.4) is 0 Å². The maximum Gasteiger partial charge on any atom is 0.387 e. The molecule has 4 rings (SSSR count). The van der Waals surface area contributed by atoms with Crippen molar-refractivity contribution in [1.29, 1.82) is 0 Å². The van der Waals surface area contributed by atoms with Crippen molar-refractivity contribution in [1.82, 2.24) is 0 Å². The highest BCUT2D eigenvalue weighted by molar-refractivity contribution is 6.12. The molecule has 0 amide bonds. The number of carbonyl (C=O) groups is 1. The summed E-state index contributed by atoms with van der Waals surface area (Å²) in [6, 6.07) is 10.9. The summed E-state index contributed by atoms with van der Waals surface area (Å²) >= 11 is 0. The van der Waals surface area contributed by atoms with Crippen LogP contribution in [0.15, 0.2) is 53.2 Å².